The molecule has 2 aromatic rings. The number of carbonyl (C=O) groups is 1. The Morgan fingerprint density at radius 1 is 1.40 bits per heavy atom. The summed E-state index contributed by atoms with van der Waals surface area (Å²) in [4.78, 5) is 18.0. The second kappa shape index (κ2) is 6.85. The summed E-state index contributed by atoms with van der Waals surface area (Å²) in [6, 6.07) is -0.245. The van der Waals surface area contributed by atoms with Crippen LogP contribution in [0, 0.1) is 0 Å². The van der Waals surface area contributed by atoms with Gasteiger partial charge in [0.2, 0.25) is 0 Å². The van der Waals surface area contributed by atoms with Crippen LogP contribution in [0.2, 0.25) is 0 Å². The van der Waals surface area contributed by atoms with Crippen LogP contribution in [0.3, 0.4) is 0 Å². The van der Waals surface area contributed by atoms with E-state index in [2.05, 4.69) is 34.1 Å². The van der Waals surface area contributed by atoms with Crippen molar-refractivity contribution in [2.24, 2.45) is 0 Å². The molecule has 0 saturated heterocycles. The van der Waals surface area contributed by atoms with Crippen molar-refractivity contribution < 1.29 is 4.79 Å². The number of hydrogen-bond acceptors (Lipinski definition) is 4. The predicted octanol–water partition coefficient (Wildman–Crippen LogP) is 1.50. The number of anilines is 1. The van der Waals surface area contributed by atoms with Gasteiger partial charge in [-0.2, -0.15) is 5.10 Å². The molecule has 2 rings (SSSR count). The lowest BCUT2D eigenvalue weighted by Gasteiger charge is -2.17. The first-order valence-corrected chi connectivity index (χ1v) is 6.77. The Balaban J connectivity index is 1.87. The van der Waals surface area contributed by atoms with E-state index in [9.17, 15) is 4.79 Å². The van der Waals surface area contributed by atoms with E-state index >= 15 is 0 Å². The number of nitrogens with zero attached hydrogens (tertiary/aromatic N) is 5. The first-order chi connectivity index (χ1) is 9.72. The molecule has 0 aliphatic carbocycles. The van der Waals surface area contributed by atoms with Gasteiger partial charge in [-0.25, -0.2) is 9.78 Å². The fraction of sp³-hybridized carbons (Fsp3) is 0.462. The van der Waals surface area contributed by atoms with Gasteiger partial charge < -0.3 is 10.2 Å². The summed E-state index contributed by atoms with van der Waals surface area (Å²) in [6.45, 7) is 8.10. The minimum Gasteiger partial charge on any atom is -0.304 e. The van der Waals surface area contributed by atoms with Gasteiger partial charge in [0.25, 0.3) is 0 Å². The zero-order valence-electron chi connectivity index (χ0n) is 11.9. The molecule has 0 aliphatic rings. The maximum absolute atomic E-state index is 11.8. The molecule has 20 heavy (non-hydrogen) atoms. The topological polar surface area (TPSA) is 68.0 Å². The number of carbonyl (C=O) groups excluding carboxylic acids is 1. The SMILES string of the molecule is CCN(CC)CCn1cc(NC(=O)n2ccnc2)cn1. The van der Waals surface area contributed by atoms with Crippen LogP contribution in [0.15, 0.2) is 31.1 Å². The molecule has 2 aromatic heterocycles. The fourth-order valence-corrected chi connectivity index (χ4v) is 1.90. The van der Waals surface area contributed by atoms with E-state index in [0.717, 1.165) is 26.2 Å². The van der Waals surface area contributed by atoms with Crippen molar-refractivity contribution in [2.75, 3.05) is 25.0 Å². The zero-order valence-corrected chi connectivity index (χ0v) is 11.9. The van der Waals surface area contributed by atoms with Crippen molar-refractivity contribution in [1.82, 2.24) is 24.2 Å². The Labute approximate surface area is 118 Å². The molecule has 0 bridgehead atoms. The minimum absolute atomic E-state index is 0.245. The van der Waals surface area contributed by atoms with Gasteiger partial charge in [0, 0.05) is 25.1 Å². The van der Waals surface area contributed by atoms with Crippen LogP contribution < -0.4 is 5.32 Å². The van der Waals surface area contributed by atoms with Gasteiger partial charge in [-0.3, -0.25) is 9.25 Å². The highest BCUT2D eigenvalue weighted by Gasteiger charge is 2.06. The van der Waals surface area contributed by atoms with E-state index in [4.69, 9.17) is 0 Å². The summed E-state index contributed by atoms with van der Waals surface area (Å²) in [5.41, 5.74) is 0.684. The summed E-state index contributed by atoms with van der Waals surface area (Å²) in [7, 11) is 0. The number of aromatic nitrogens is 4. The van der Waals surface area contributed by atoms with Gasteiger partial charge in [-0.1, -0.05) is 13.8 Å². The lowest BCUT2D eigenvalue weighted by Crippen LogP contribution is -2.27. The Kier molecular flexibility index (Phi) is 4.89. The van der Waals surface area contributed by atoms with Crippen molar-refractivity contribution in [3.63, 3.8) is 0 Å². The second-order valence-electron chi connectivity index (χ2n) is 4.42. The van der Waals surface area contributed by atoms with Crippen molar-refractivity contribution in [2.45, 2.75) is 20.4 Å². The molecule has 2 heterocycles. The number of nitrogens with one attached hydrogen (secondary N) is 1. The third-order valence-corrected chi connectivity index (χ3v) is 3.16. The molecule has 108 valence electrons. The van der Waals surface area contributed by atoms with E-state index in [1.807, 2.05) is 10.9 Å². The molecule has 0 saturated carbocycles. The zero-order chi connectivity index (χ0) is 14.4. The highest BCUT2D eigenvalue weighted by Crippen LogP contribution is 2.06. The number of likely N-dealkylation sites (N-methyl/N-ethyl adjacent to an activating group) is 1. The Morgan fingerprint density at radius 2 is 2.20 bits per heavy atom. The molecule has 0 radical (unpaired) electrons. The maximum atomic E-state index is 11.8. The van der Waals surface area contributed by atoms with Crippen LogP contribution in [-0.4, -0.2) is 49.9 Å². The fourth-order valence-electron chi connectivity index (χ4n) is 1.90. The number of amides is 1. The van der Waals surface area contributed by atoms with Crippen LogP contribution >= 0.6 is 0 Å². The van der Waals surface area contributed by atoms with Gasteiger partial charge in [-0.15, -0.1) is 0 Å². The van der Waals surface area contributed by atoms with Crippen LogP contribution in [0.25, 0.3) is 0 Å². The summed E-state index contributed by atoms with van der Waals surface area (Å²) in [5.74, 6) is 0. The van der Waals surface area contributed by atoms with E-state index < -0.39 is 0 Å². The van der Waals surface area contributed by atoms with E-state index in [-0.39, 0.29) is 6.03 Å². The standard InChI is InChI=1S/C13H20N6O/c1-3-17(4-2)7-8-19-10-12(9-15-19)16-13(20)18-6-5-14-11-18/h5-6,9-11H,3-4,7-8H2,1-2H3,(H,16,20). The van der Waals surface area contributed by atoms with Crippen LogP contribution in [0.1, 0.15) is 13.8 Å². The van der Waals surface area contributed by atoms with E-state index in [1.165, 1.54) is 10.9 Å². The van der Waals surface area contributed by atoms with Crippen LogP contribution in [0.4, 0.5) is 10.5 Å². The maximum Gasteiger partial charge on any atom is 0.331 e. The molecule has 0 unspecified atom stereocenters. The molecule has 1 N–H and O–H groups in total. The van der Waals surface area contributed by atoms with E-state index in [0.29, 0.717) is 5.69 Å². The summed E-state index contributed by atoms with van der Waals surface area (Å²) in [6.07, 6.45) is 8.10. The molecule has 0 aromatic carbocycles. The minimum atomic E-state index is -0.245. The van der Waals surface area contributed by atoms with Gasteiger partial charge in [0.1, 0.15) is 6.33 Å². The molecule has 1 amide bonds. The molecule has 0 atom stereocenters. The molecular weight excluding hydrogens is 256 g/mol. The van der Waals surface area contributed by atoms with Crippen molar-refractivity contribution in [1.29, 1.82) is 0 Å². The summed E-state index contributed by atoms with van der Waals surface area (Å²) >= 11 is 0. The molecule has 0 spiro atoms. The van der Waals surface area contributed by atoms with Gasteiger partial charge >= 0.3 is 6.03 Å². The van der Waals surface area contributed by atoms with Gasteiger partial charge in [0.15, 0.2) is 0 Å². The average Bonchev–Trinajstić information content (AvgIpc) is 3.11. The molecule has 0 aliphatic heterocycles. The third kappa shape index (κ3) is 3.67. The predicted molar refractivity (Wildman–Crippen MR) is 76.7 cm³/mol. The van der Waals surface area contributed by atoms with E-state index in [1.54, 1.807) is 18.6 Å². The smallest absolute Gasteiger partial charge is 0.304 e. The van der Waals surface area contributed by atoms with Crippen LogP contribution in [-0.2, 0) is 6.54 Å². The Hall–Kier alpha value is -2.15. The monoisotopic (exact) mass is 276 g/mol. The molecule has 7 heteroatoms. The number of hydrogen-bond donors (Lipinski definition) is 1. The highest BCUT2D eigenvalue weighted by molar-refractivity contribution is 5.90. The summed E-state index contributed by atoms with van der Waals surface area (Å²) in [5, 5.41) is 7.01. The lowest BCUT2D eigenvalue weighted by atomic mass is 10.4. The molecule has 0 fully saturated rings. The molecular formula is C13H20N6O. The Bertz CT molecular complexity index is 529. The highest BCUT2D eigenvalue weighted by atomic mass is 16.2. The van der Waals surface area contributed by atoms with Crippen molar-refractivity contribution >= 4 is 11.7 Å². The second-order valence-corrected chi connectivity index (χ2v) is 4.42. The van der Waals surface area contributed by atoms with Crippen molar-refractivity contribution in [3.05, 3.63) is 31.1 Å². The first kappa shape index (κ1) is 14.3. The average molecular weight is 276 g/mol. The summed E-state index contributed by atoms with van der Waals surface area (Å²) < 4.78 is 3.22. The third-order valence-electron chi connectivity index (χ3n) is 3.16. The Morgan fingerprint density at radius 3 is 2.85 bits per heavy atom. The first-order valence-electron chi connectivity index (χ1n) is 6.77. The quantitative estimate of drug-likeness (QED) is 0.868. The largest absolute Gasteiger partial charge is 0.331 e. The van der Waals surface area contributed by atoms with Crippen molar-refractivity contribution in [3.8, 4) is 0 Å². The van der Waals surface area contributed by atoms with Gasteiger partial charge in [0.05, 0.1) is 18.4 Å². The van der Waals surface area contributed by atoms with Gasteiger partial charge in [-0.05, 0) is 13.1 Å². The lowest BCUT2D eigenvalue weighted by molar-refractivity contribution is 0.253. The number of rotatable bonds is 6. The molecule has 7 nitrogen and oxygen atoms in total. The van der Waals surface area contributed by atoms with Crippen LogP contribution in [0.5, 0.6) is 0 Å². The normalized spacial score (nSPS) is 10.9. The number of imidazole rings is 1.